The molecule has 0 aromatic heterocycles. The van der Waals surface area contributed by atoms with Crippen LogP contribution in [0.4, 0.5) is 0 Å². The Bertz CT molecular complexity index is 849. The minimum atomic E-state index is -0.408. The first-order chi connectivity index (χ1) is 13.8. The Hall–Kier alpha value is -3.02. The first-order valence-electron chi connectivity index (χ1n) is 9.83. The molecule has 0 aliphatic heterocycles. The summed E-state index contributed by atoms with van der Waals surface area (Å²) in [7, 11) is 0. The van der Waals surface area contributed by atoms with Gasteiger partial charge in [0.25, 0.3) is 5.91 Å². The molecule has 0 unspecified atom stereocenters. The highest BCUT2D eigenvalue weighted by molar-refractivity contribution is 5.82. The van der Waals surface area contributed by atoms with Crippen LogP contribution in [0.1, 0.15) is 41.5 Å². The smallest absolute Gasteiger partial charge is 0.276 e. The van der Waals surface area contributed by atoms with Crippen molar-refractivity contribution in [3.8, 4) is 11.5 Å². The zero-order valence-electron chi connectivity index (χ0n) is 17.6. The molecule has 0 fully saturated rings. The van der Waals surface area contributed by atoms with Crippen LogP contribution in [0.3, 0.4) is 0 Å². The van der Waals surface area contributed by atoms with Gasteiger partial charge in [0.05, 0.1) is 6.61 Å². The minimum absolute atomic E-state index is 0.160. The fraction of sp³-hybridized carbons (Fsp3) is 0.391. The fourth-order valence-electron chi connectivity index (χ4n) is 2.62. The summed E-state index contributed by atoms with van der Waals surface area (Å²) in [5, 5.41) is 0. The number of aryl methyl sites for hydroxylation is 4. The normalized spacial score (nSPS) is 10.3. The molecule has 0 atom stereocenters. The van der Waals surface area contributed by atoms with Crippen LogP contribution < -0.4 is 20.3 Å². The summed E-state index contributed by atoms with van der Waals surface area (Å²) in [5.74, 6) is 0.856. The third-order valence-electron chi connectivity index (χ3n) is 4.59. The SMILES string of the molecule is Cc1ccc(C)c(OCCCCC(=O)NNC(=O)COc2ccc(C)c(C)c2)c1. The van der Waals surface area contributed by atoms with E-state index in [1.807, 2.05) is 64.1 Å². The Balaban J connectivity index is 1.57. The van der Waals surface area contributed by atoms with Crippen LogP contribution in [0.25, 0.3) is 0 Å². The zero-order valence-corrected chi connectivity index (χ0v) is 17.6. The second-order valence-electron chi connectivity index (χ2n) is 7.21. The Morgan fingerprint density at radius 3 is 2.28 bits per heavy atom. The van der Waals surface area contributed by atoms with Crippen LogP contribution in [0.5, 0.6) is 11.5 Å². The standard InChI is InChI=1S/C23H30N2O4/c1-16-8-9-18(3)21(13-16)28-12-6-5-7-22(26)24-25-23(27)15-29-20-11-10-17(2)19(4)14-20/h8-11,13-14H,5-7,12,15H2,1-4H3,(H,24,26)(H,25,27). The Morgan fingerprint density at radius 2 is 1.52 bits per heavy atom. The van der Waals surface area contributed by atoms with Crippen molar-refractivity contribution in [2.75, 3.05) is 13.2 Å². The molecule has 2 aromatic rings. The maximum absolute atomic E-state index is 11.8. The summed E-state index contributed by atoms with van der Waals surface area (Å²) in [4.78, 5) is 23.6. The van der Waals surface area contributed by atoms with Crippen molar-refractivity contribution < 1.29 is 19.1 Å². The number of rotatable bonds is 9. The third kappa shape index (κ3) is 7.86. The lowest BCUT2D eigenvalue weighted by molar-refractivity contribution is -0.130. The summed E-state index contributed by atoms with van der Waals surface area (Å²) >= 11 is 0. The van der Waals surface area contributed by atoms with Gasteiger partial charge in [-0.25, -0.2) is 0 Å². The highest BCUT2D eigenvalue weighted by atomic mass is 16.5. The maximum Gasteiger partial charge on any atom is 0.276 e. The van der Waals surface area contributed by atoms with Crippen LogP contribution in [0.15, 0.2) is 36.4 Å². The predicted octanol–water partition coefficient (Wildman–Crippen LogP) is 3.70. The minimum Gasteiger partial charge on any atom is -0.493 e. The average molecular weight is 399 g/mol. The number of benzene rings is 2. The van der Waals surface area contributed by atoms with Crippen molar-refractivity contribution in [1.82, 2.24) is 10.9 Å². The van der Waals surface area contributed by atoms with E-state index in [1.165, 1.54) is 0 Å². The first-order valence-corrected chi connectivity index (χ1v) is 9.83. The molecule has 0 saturated carbocycles. The number of hydrazine groups is 1. The maximum atomic E-state index is 11.8. The molecule has 0 aliphatic carbocycles. The molecular formula is C23H30N2O4. The van der Waals surface area contributed by atoms with E-state index in [0.29, 0.717) is 25.2 Å². The van der Waals surface area contributed by atoms with Crippen LogP contribution in [0.2, 0.25) is 0 Å². The Kier molecular flexibility index (Phi) is 8.52. The van der Waals surface area contributed by atoms with Crippen LogP contribution in [-0.4, -0.2) is 25.0 Å². The number of hydrogen-bond acceptors (Lipinski definition) is 4. The number of carbonyl (C=O) groups excluding carboxylic acids is 2. The van der Waals surface area contributed by atoms with E-state index in [1.54, 1.807) is 0 Å². The Morgan fingerprint density at radius 1 is 0.793 bits per heavy atom. The fourth-order valence-corrected chi connectivity index (χ4v) is 2.62. The van der Waals surface area contributed by atoms with Gasteiger partial charge < -0.3 is 9.47 Å². The summed E-state index contributed by atoms with van der Waals surface area (Å²) in [6.07, 6.45) is 1.74. The van der Waals surface area contributed by atoms with E-state index in [4.69, 9.17) is 9.47 Å². The molecule has 0 bridgehead atoms. The van der Waals surface area contributed by atoms with Crippen molar-refractivity contribution in [2.24, 2.45) is 0 Å². The predicted molar refractivity (Wildman–Crippen MR) is 113 cm³/mol. The van der Waals surface area contributed by atoms with Gasteiger partial charge in [0.15, 0.2) is 6.61 Å². The van der Waals surface area contributed by atoms with E-state index in [2.05, 4.69) is 10.9 Å². The van der Waals surface area contributed by atoms with Gasteiger partial charge in [-0.1, -0.05) is 18.2 Å². The lowest BCUT2D eigenvalue weighted by atomic mass is 10.1. The average Bonchev–Trinajstić information content (AvgIpc) is 2.69. The highest BCUT2D eigenvalue weighted by Gasteiger charge is 2.07. The van der Waals surface area contributed by atoms with Crippen LogP contribution in [0, 0.1) is 27.7 Å². The van der Waals surface area contributed by atoms with Crippen molar-refractivity contribution >= 4 is 11.8 Å². The third-order valence-corrected chi connectivity index (χ3v) is 4.59. The van der Waals surface area contributed by atoms with Crippen LogP contribution >= 0.6 is 0 Å². The molecule has 156 valence electrons. The van der Waals surface area contributed by atoms with Crippen LogP contribution in [-0.2, 0) is 9.59 Å². The van der Waals surface area contributed by atoms with Gasteiger partial charge in [0.1, 0.15) is 11.5 Å². The largest absolute Gasteiger partial charge is 0.493 e. The van der Waals surface area contributed by atoms with Gasteiger partial charge >= 0.3 is 0 Å². The lowest BCUT2D eigenvalue weighted by Gasteiger charge is -2.11. The topological polar surface area (TPSA) is 76.7 Å². The molecule has 2 rings (SSSR count). The molecule has 6 nitrogen and oxygen atoms in total. The molecule has 0 saturated heterocycles. The highest BCUT2D eigenvalue weighted by Crippen LogP contribution is 2.19. The van der Waals surface area contributed by atoms with Gasteiger partial charge in [-0.05, 0) is 81.0 Å². The number of carbonyl (C=O) groups is 2. The van der Waals surface area contributed by atoms with E-state index in [9.17, 15) is 9.59 Å². The molecule has 0 heterocycles. The molecule has 29 heavy (non-hydrogen) atoms. The molecule has 2 aromatic carbocycles. The van der Waals surface area contributed by atoms with Gasteiger partial charge in [0.2, 0.25) is 5.91 Å². The molecule has 2 N–H and O–H groups in total. The van der Waals surface area contributed by atoms with E-state index >= 15 is 0 Å². The van der Waals surface area contributed by atoms with Gasteiger partial charge in [-0.15, -0.1) is 0 Å². The molecule has 0 spiro atoms. The molecular weight excluding hydrogens is 368 g/mol. The summed E-state index contributed by atoms with van der Waals surface area (Å²) < 4.78 is 11.2. The zero-order chi connectivity index (χ0) is 21.2. The second kappa shape index (κ2) is 11.1. The molecule has 6 heteroatoms. The number of amides is 2. The molecule has 0 aliphatic rings. The monoisotopic (exact) mass is 398 g/mol. The van der Waals surface area contributed by atoms with Gasteiger partial charge in [0, 0.05) is 6.42 Å². The van der Waals surface area contributed by atoms with Crippen molar-refractivity contribution in [1.29, 1.82) is 0 Å². The summed E-state index contributed by atoms with van der Waals surface area (Å²) in [6.45, 7) is 8.42. The number of hydrogen-bond donors (Lipinski definition) is 2. The molecule has 2 amide bonds. The van der Waals surface area contributed by atoms with Crippen molar-refractivity contribution in [3.05, 3.63) is 58.7 Å². The second-order valence-corrected chi connectivity index (χ2v) is 7.21. The summed E-state index contributed by atoms with van der Waals surface area (Å²) in [5.41, 5.74) is 9.28. The van der Waals surface area contributed by atoms with Crippen molar-refractivity contribution in [2.45, 2.75) is 47.0 Å². The Labute approximate surface area is 172 Å². The number of unbranched alkanes of at least 4 members (excludes halogenated alkanes) is 1. The number of nitrogens with one attached hydrogen (secondary N) is 2. The van der Waals surface area contributed by atoms with E-state index in [-0.39, 0.29) is 12.5 Å². The van der Waals surface area contributed by atoms with E-state index < -0.39 is 5.91 Å². The summed E-state index contributed by atoms with van der Waals surface area (Å²) in [6, 6.07) is 11.7. The first kappa shape index (κ1) is 22.3. The van der Waals surface area contributed by atoms with Crippen molar-refractivity contribution in [3.63, 3.8) is 0 Å². The lowest BCUT2D eigenvalue weighted by Crippen LogP contribution is -2.43. The number of ether oxygens (including phenoxy) is 2. The quantitative estimate of drug-likeness (QED) is 0.499. The van der Waals surface area contributed by atoms with Gasteiger partial charge in [-0.3, -0.25) is 20.4 Å². The van der Waals surface area contributed by atoms with E-state index in [0.717, 1.165) is 34.4 Å². The van der Waals surface area contributed by atoms with Gasteiger partial charge in [-0.2, -0.15) is 0 Å². The molecule has 0 radical (unpaired) electrons.